The minimum absolute atomic E-state index is 0.0602. The van der Waals surface area contributed by atoms with Crippen LogP contribution in [0.2, 0.25) is 5.02 Å². The topological polar surface area (TPSA) is 87.4 Å². The van der Waals surface area contributed by atoms with Crippen molar-refractivity contribution in [1.29, 1.82) is 0 Å². The maximum absolute atomic E-state index is 14.7. The minimum Gasteiger partial charge on any atom is -0.372 e. The predicted molar refractivity (Wildman–Crippen MR) is 137 cm³/mol. The normalized spacial score (nSPS) is 11.6. The molecule has 0 fully saturated rings. The molecule has 0 saturated heterocycles. The zero-order chi connectivity index (χ0) is 27.5. The van der Waals surface area contributed by atoms with Crippen LogP contribution < -0.4 is 16.0 Å². The molecule has 0 atom stereocenters. The molecule has 1 aromatic heterocycles. The van der Waals surface area contributed by atoms with Gasteiger partial charge in [0.15, 0.2) is 0 Å². The van der Waals surface area contributed by atoms with Crippen LogP contribution >= 0.6 is 11.6 Å². The second-order valence-electron chi connectivity index (χ2n) is 8.81. The number of nitrogens with one attached hydrogen (secondary N) is 1. The molecule has 0 aliphatic heterocycles. The van der Waals surface area contributed by atoms with Crippen LogP contribution in [0.25, 0.3) is 11.1 Å². The Morgan fingerprint density at radius 3 is 2.46 bits per heavy atom. The van der Waals surface area contributed by atoms with Crippen molar-refractivity contribution in [1.82, 2.24) is 14.9 Å². The van der Waals surface area contributed by atoms with Crippen LogP contribution in [0.15, 0.2) is 36.5 Å². The molecule has 12 heteroatoms. The van der Waals surface area contributed by atoms with Gasteiger partial charge in [0.05, 0.1) is 33.2 Å². The van der Waals surface area contributed by atoms with E-state index in [0.717, 1.165) is 24.7 Å². The number of hydrogen-bond acceptors (Lipinski definition) is 6. The molecule has 1 amide bonds. The lowest BCUT2D eigenvalue weighted by Crippen LogP contribution is -2.25. The first kappa shape index (κ1) is 28.1. The number of nitrogen functional groups attached to an aromatic ring is 1. The van der Waals surface area contributed by atoms with Gasteiger partial charge in [-0.05, 0) is 63.8 Å². The Labute approximate surface area is 217 Å². The molecule has 37 heavy (non-hydrogen) atoms. The number of alkyl halides is 3. The number of amides is 1. The second-order valence-corrected chi connectivity index (χ2v) is 9.21. The van der Waals surface area contributed by atoms with Crippen molar-refractivity contribution in [3.05, 3.63) is 64.2 Å². The summed E-state index contributed by atoms with van der Waals surface area (Å²) in [6.07, 6.45) is -2.57. The molecule has 0 spiro atoms. The summed E-state index contributed by atoms with van der Waals surface area (Å²) in [5.41, 5.74) is 5.65. The van der Waals surface area contributed by atoms with Crippen LogP contribution in [0.3, 0.4) is 0 Å². The Kier molecular flexibility index (Phi) is 8.60. The molecule has 1 heterocycles. The van der Waals surface area contributed by atoms with E-state index in [1.807, 2.05) is 19.0 Å². The highest BCUT2D eigenvalue weighted by molar-refractivity contribution is 6.34. The number of anilines is 3. The lowest BCUT2D eigenvalue weighted by molar-refractivity contribution is -0.137. The molecule has 0 aliphatic rings. The van der Waals surface area contributed by atoms with Gasteiger partial charge in [-0.3, -0.25) is 4.79 Å². The lowest BCUT2D eigenvalue weighted by atomic mass is 10.0. The third-order valence-corrected chi connectivity index (χ3v) is 5.93. The van der Waals surface area contributed by atoms with Gasteiger partial charge in [-0.15, -0.1) is 0 Å². The van der Waals surface area contributed by atoms with E-state index < -0.39 is 23.5 Å². The number of hydrogen-bond donors (Lipinski definition) is 2. The highest BCUT2D eigenvalue weighted by Gasteiger charge is 2.33. The van der Waals surface area contributed by atoms with Gasteiger partial charge in [0.25, 0.3) is 5.91 Å². The molecule has 3 rings (SSSR count). The number of benzene rings is 2. The summed E-state index contributed by atoms with van der Waals surface area (Å²) in [6, 6.07) is 5.41. The first-order valence-corrected chi connectivity index (χ1v) is 11.6. The quantitative estimate of drug-likeness (QED) is 0.369. The van der Waals surface area contributed by atoms with Crippen molar-refractivity contribution in [2.45, 2.75) is 19.5 Å². The number of halogens is 5. The van der Waals surface area contributed by atoms with Crippen molar-refractivity contribution < 1.29 is 22.4 Å². The predicted octanol–water partition coefficient (Wildman–Crippen LogP) is 5.49. The van der Waals surface area contributed by atoms with Crippen molar-refractivity contribution in [2.24, 2.45) is 0 Å². The lowest BCUT2D eigenvalue weighted by Gasteiger charge is -2.26. The number of rotatable bonds is 8. The average Bonchev–Trinajstić information content (AvgIpc) is 2.78. The van der Waals surface area contributed by atoms with Gasteiger partial charge >= 0.3 is 6.18 Å². The Balaban J connectivity index is 2.01. The highest BCUT2D eigenvalue weighted by Crippen LogP contribution is 2.40. The average molecular weight is 539 g/mol. The van der Waals surface area contributed by atoms with Crippen LogP contribution in [0.5, 0.6) is 0 Å². The van der Waals surface area contributed by atoms with Crippen molar-refractivity contribution in [2.75, 3.05) is 50.2 Å². The Morgan fingerprint density at radius 2 is 1.84 bits per heavy atom. The van der Waals surface area contributed by atoms with Crippen LogP contribution in [0.4, 0.5) is 34.9 Å². The van der Waals surface area contributed by atoms with E-state index in [1.165, 1.54) is 18.3 Å². The van der Waals surface area contributed by atoms with Gasteiger partial charge in [-0.2, -0.15) is 13.2 Å². The molecule has 0 saturated carbocycles. The number of carbonyl (C=O) groups is 1. The maximum atomic E-state index is 14.7. The molecular formula is C25H27ClF4N6O. The molecule has 0 bridgehead atoms. The van der Waals surface area contributed by atoms with E-state index in [-0.39, 0.29) is 27.9 Å². The van der Waals surface area contributed by atoms with Crippen LogP contribution in [0.1, 0.15) is 28.0 Å². The molecule has 7 nitrogen and oxygen atoms in total. The van der Waals surface area contributed by atoms with Crippen molar-refractivity contribution >= 4 is 34.8 Å². The maximum Gasteiger partial charge on any atom is 0.416 e. The molecular weight excluding hydrogens is 512 g/mol. The molecule has 3 aromatic rings. The molecule has 2 aromatic carbocycles. The second kappa shape index (κ2) is 11.3. The summed E-state index contributed by atoms with van der Waals surface area (Å²) in [6.45, 7) is 2.86. The van der Waals surface area contributed by atoms with E-state index in [2.05, 4.69) is 15.3 Å². The van der Waals surface area contributed by atoms with Crippen LogP contribution in [-0.4, -0.2) is 55.0 Å². The first-order chi connectivity index (χ1) is 17.3. The fourth-order valence-corrected chi connectivity index (χ4v) is 4.17. The van der Waals surface area contributed by atoms with Crippen molar-refractivity contribution in [3.8, 4) is 11.1 Å². The highest BCUT2D eigenvalue weighted by atomic mass is 35.5. The third-order valence-electron chi connectivity index (χ3n) is 5.64. The molecule has 0 radical (unpaired) electrons. The zero-order valence-electron chi connectivity index (χ0n) is 20.7. The largest absolute Gasteiger partial charge is 0.416 e. The third kappa shape index (κ3) is 6.86. The van der Waals surface area contributed by atoms with Crippen LogP contribution in [-0.2, 0) is 6.18 Å². The summed E-state index contributed by atoms with van der Waals surface area (Å²) in [4.78, 5) is 24.8. The Bertz CT molecular complexity index is 1300. The smallest absolute Gasteiger partial charge is 0.372 e. The fourth-order valence-electron chi connectivity index (χ4n) is 3.81. The zero-order valence-corrected chi connectivity index (χ0v) is 21.5. The standard InChI is InChI=1S/C25H27ClF4N6O/c1-14-18(13-32-24(31)33-14)15-6-7-20(27)17(10-15)23(37)34-21-12-16(25(28,29)30)11-19(26)22(21)36(4)9-5-8-35(2)3/h6-7,10-13H,5,8-9H2,1-4H3,(H,34,37)(H2,31,32,33). The first-order valence-electron chi connectivity index (χ1n) is 11.2. The Morgan fingerprint density at radius 1 is 1.14 bits per heavy atom. The number of aryl methyl sites for hydroxylation is 1. The number of carbonyl (C=O) groups excluding carboxylic acids is 1. The van der Waals surface area contributed by atoms with E-state index in [4.69, 9.17) is 17.3 Å². The Hall–Kier alpha value is -3.44. The van der Waals surface area contributed by atoms with E-state index in [1.54, 1.807) is 18.9 Å². The molecule has 198 valence electrons. The van der Waals surface area contributed by atoms with Crippen molar-refractivity contribution in [3.63, 3.8) is 0 Å². The van der Waals surface area contributed by atoms with E-state index in [0.29, 0.717) is 29.8 Å². The van der Waals surface area contributed by atoms with Gasteiger partial charge in [0.1, 0.15) is 5.82 Å². The summed E-state index contributed by atoms with van der Waals surface area (Å²) in [5, 5.41) is 2.24. The SMILES string of the molecule is Cc1nc(N)ncc1-c1ccc(F)c(C(=O)Nc2cc(C(F)(F)F)cc(Cl)c2N(C)CCCN(C)C)c1. The summed E-state index contributed by atoms with van der Waals surface area (Å²) in [7, 11) is 5.46. The summed E-state index contributed by atoms with van der Waals surface area (Å²) < 4.78 is 55.3. The number of nitrogens with zero attached hydrogens (tertiary/aromatic N) is 4. The summed E-state index contributed by atoms with van der Waals surface area (Å²) >= 11 is 6.27. The fraction of sp³-hybridized carbons (Fsp3) is 0.320. The van der Waals surface area contributed by atoms with Gasteiger partial charge in [0, 0.05) is 25.4 Å². The van der Waals surface area contributed by atoms with Gasteiger partial charge in [-0.1, -0.05) is 17.7 Å². The summed E-state index contributed by atoms with van der Waals surface area (Å²) in [5.74, 6) is -1.73. The monoisotopic (exact) mass is 538 g/mol. The number of nitrogens with two attached hydrogens (primary N) is 1. The molecule has 0 unspecified atom stereocenters. The van der Waals surface area contributed by atoms with E-state index in [9.17, 15) is 22.4 Å². The number of aromatic nitrogens is 2. The molecule has 0 aliphatic carbocycles. The van der Waals surface area contributed by atoms with E-state index >= 15 is 0 Å². The molecule has 3 N–H and O–H groups in total. The minimum atomic E-state index is -4.71. The van der Waals surface area contributed by atoms with Crippen LogP contribution in [0, 0.1) is 12.7 Å². The van der Waals surface area contributed by atoms with Gasteiger partial charge < -0.3 is 20.9 Å². The van der Waals surface area contributed by atoms with Gasteiger partial charge in [-0.25, -0.2) is 14.4 Å². The van der Waals surface area contributed by atoms with Gasteiger partial charge in [0.2, 0.25) is 5.95 Å².